The first-order valence-corrected chi connectivity index (χ1v) is 13.3. The molecule has 0 unspecified atom stereocenters. The standard InChI is InChI=1S/C28H45ClNO2/c1-3-4-5-6-7-8-9-15-22-32-28(31)24-30(19-13-10-14-20-30)21-18-25(2)23-26-16-11-12-17-27(26)29/h11-12,16-18H,3-10,13-15,19-24H2,1-2H3/q+1/b25-18+. The molecular weight excluding hydrogens is 418 g/mol. The first-order chi connectivity index (χ1) is 15.5. The molecule has 0 bridgehead atoms. The van der Waals surface area contributed by atoms with Gasteiger partial charge in [-0.1, -0.05) is 87.2 Å². The largest absolute Gasteiger partial charge is 0.462 e. The van der Waals surface area contributed by atoms with Gasteiger partial charge in [-0.15, -0.1) is 0 Å². The Hall–Kier alpha value is -1.32. The lowest BCUT2D eigenvalue weighted by atomic mass is 10.0. The molecule has 1 saturated heterocycles. The average molecular weight is 463 g/mol. The molecule has 4 heteroatoms. The number of allylic oxidation sites excluding steroid dienone is 1. The second-order valence-corrected chi connectivity index (χ2v) is 10.1. The number of ether oxygens (including phenoxy) is 1. The SMILES string of the molecule is CCCCCCCCCCOC(=O)C[N+]1(C/C=C(\C)Cc2ccccc2Cl)CCCCC1. The number of likely N-dealkylation sites (tertiary alicyclic amines) is 1. The van der Waals surface area contributed by atoms with E-state index in [4.69, 9.17) is 16.3 Å². The number of halogens is 1. The number of benzene rings is 1. The number of carbonyl (C=O) groups excluding carboxylic acids is 1. The summed E-state index contributed by atoms with van der Waals surface area (Å²) in [5.74, 6) is -0.0213. The fourth-order valence-corrected chi connectivity index (χ4v) is 4.90. The van der Waals surface area contributed by atoms with E-state index in [1.165, 1.54) is 69.8 Å². The van der Waals surface area contributed by atoms with Gasteiger partial charge in [0.05, 0.1) is 26.2 Å². The molecule has 1 fully saturated rings. The second kappa shape index (κ2) is 15.5. The van der Waals surface area contributed by atoms with Crippen LogP contribution in [0.3, 0.4) is 0 Å². The maximum absolute atomic E-state index is 12.6. The Morgan fingerprint density at radius 3 is 2.34 bits per heavy atom. The van der Waals surface area contributed by atoms with E-state index in [9.17, 15) is 4.79 Å². The van der Waals surface area contributed by atoms with Gasteiger partial charge < -0.3 is 9.22 Å². The van der Waals surface area contributed by atoms with E-state index >= 15 is 0 Å². The lowest BCUT2D eigenvalue weighted by Gasteiger charge is -2.40. The molecule has 0 atom stereocenters. The van der Waals surface area contributed by atoms with Gasteiger partial charge in [0.2, 0.25) is 0 Å². The second-order valence-electron chi connectivity index (χ2n) is 9.70. The van der Waals surface area contributed by atoms with Crippen molar-refractivity contribution >= 4 is 17.6 Å². The van der Waals surface area contributed by atoms with Crippen molar-refractivity contribution in [3.63, 3.8) is 0 Å². The zero-order valence-corrected chi connectivity index (χ0v) is 21.3. The highest BCUT2D eigenvalue weighted by atomic mass is 35.5. The van der Waals surface area contributed by atoms with E-state index in [-0.39, 0.29) is 5.97 Å². The number of carbonyl (C=O) groups is 1. The molecule has 3 nitrogen and oxygen atoms in total. The highest BCUT2D eigenvalue weighted by Gasteiger charge is 2.32. The molecule has 1 aromatic rings. The Morgan fingerprint density at radius 1 is 1.00 bits per heavy atom. The minimum Gasteiger partial charge on any atom is -0.462 e. The molecule has 1 aliphatic heterocycles. The zero-order valence-electron chi connectivity index (χ0n) is 20.5. The molecule has 2 rings (SSSR count). The van der Waals surface area contributed by atoms with Crippen LogP contribution in [0.1, 0.15) is 90.0 Å². The van der Waals surface area contributed by atoms with Crippen molar-refractivity contribution in [3.05, 3.63) is 46.5 Å². The predicted octanol–water partition coefficient (Wildman–Crippen LogP) is 7.51. The molecule has 0 N–H and O–H groups in total. The van der Waals surface area contributed by atoms with Crippen molar-refractivity contribution in [3.8, 4) is 0 Å². The molecule has 1 heterocycles. The van der Waals surface area contributed by atoms with Crippen LogP contribution in [0.25, 0.3) is 0 Å². The fraction of sp³-hybridized carbons (Fsp3) is 0.679. The maximum atomic E-state index is 12.6. The van der Waals surface area contributed by atoms with E-state index < -0.39 is 0 Å². The van der Waals surface area contributed by atoms with Gasteiger partial charge in [0, 0.05) is 5.02 Å². The van der Waals surface area contributed by atoms with Crippen LogP contribution in [0.15, 0.2) is 35.9 Å². The van der Waals surface area contributed by atoms with Crippen LogP contribution in [-0.4, -0.2) is 43.2 Å². The summed E-state index contributed by atoms with van der Waals surface area (Å²) in [5.41, 5.74) is 2.48. The predicted molar refractivity (Wildman–Crippen MR) is 136 cm³/mol. The first kappa shape index (κ1) is 26.9. The van der Waals surface area contributed by atoms with Gasteiger partial charge in [0.1, 0.15) is 0 Å². The van der Waals surface area contributed by atoms with Crippen LogP contribution in [0, 0.1) is 0 Å². The Morgan fingerprint density at radius 2 is 1.66 bits per heavy atom. The molecule has 1 aromatic carbocycles. The number of piperidine rings is 1. The molecule has 0 spiro atoms. The molecular formula is C28H45ClNO2+. The number of esters is 1. The van der Waals surface area contributed by atoms with Gasteiger partial charge in [0.15, 0.2) is 6.54 Å². The minimum absolute atomic E-state index is 0.0213. The summed E-state index contributed by atoms with van der Waals surface area (Å²) in [6, 6.07) is 8.05. The lowest BCUT2D eigenvalue weighted by Crippen LogP contribution is -2.54. The Kier molecular flexibility index (Phi) is 13.0. The summed E-state index contributed by atoms with van der Waals surface area (Å²) in [7, 11) is 0. The van der Waals surface area contributed by atoms with E-state index in [1.54, 1.807) is 0 Å². The summed E-state index contributed by atoms with van der Waals surface area (Å²) in [5, 5.41) is 0.826. The van der Waals surface area contributed by atoms with E-state index in [1.807, 2.05) is 18.2 Å². The number of hydrogen-bond acceptors (Lipinski definition) is 2. The van der Waals surface area contributed by atoms with Gasteiger partial charge in [-0.2, -0.15) is 0 Å². The number of unbranched alkanes of at least 4 members (excludes halogenated alkanes) is 7. The van der Waals surface area contributed by atoms with Crippen LogP contribution in [0.5, 0.6) is 0 Å². The highest BCUT2D eigenvalue weighted by Crippen LogP contribution is 2.22. The number of rotatable bonds is 15. The topological polar surface area (TPSA) is 26.3 Å². The van der Waals surface area contributed by atoms with Crippen molar-refractivity contribution in [2.75, 3.05) is 32.8 Å². The van der Waals surface area contributed by atoms with Crippen LogP contribution >= 0.6 is 11.6 Å². The Balaban J connectivity index is 1.75. The van der Waals surface area contributed by atoms with Gasteiger partial charge in [-0.05, 0) is 56.7 Å². The summed E-state index contributed by atoms with van der Waals surface area (Å²) in [4.78, 5) is 12.6. The lowest BCUT2D eigenvalue weighted by molar-refractivity contribution is -0.920. The highest BCUT2D eigenvalue weighted by molar-refractivity contribution is 6.31. The molecule has 0 radical (unpaired) electrons. The van der Waals surface area contributed by atoms with E-state index in [2.05, 4.69) is 26.0 Å². The third-order valence-electron chi connectivity index (χ3n) is 6.74. The van der Waals surface area contributed by atoms with Gasteiger partial charge in [-0.3, -0.25) is 0 Å². The van der Waals surface area contributed by atoms with Crippen molar-refractivity contribution in [2.24, 2.45) is 0 Å². The molecule has 0 amide bonds. The molecule has 32 heavy (non-hydrogen) atoms. The van der Waals surface area contributed by atoms with Crippen LogP contribution in [0.4, 0.5) is 0 Å². The third-order valence-corrected chi connectivity index (χ3v) is 7.11. The number of quaternary nitrogens is 1. The Bertz CT molecular complexity index is 694. The number of nitrogens with zero attached hydrogens (tertiary/aromatic N) is 1. The van der Waals surface area contributed by atoms with Crippen LogP contribution in [-0.2, 0) is 16.0 Å². The van der Waals surface area contributed by atoms with E-state index in [0.717, 1.165) is 47.5 Å². The van der Waals surface area contributed by atoms with Gasteiger partial charge in [-0.25, -0.2) is 4.79 Å². The van der Waals surface area contributed by atoms with Crippen molar-refractivity contribution in [1.29, 1.82) is 0 Å². The molecule has 1 aliphatic rings. The molecule has 0 aliphatic carbocycles. The van der Waals surface area contributed by atoms with Crippen LogP contribution in [0.2, 0.25) is 5.02 Å². The summed E-state index contributed by atoms with van der Waals surface area (Å²) in [6.07, 6.45) is 16.9. The molecule has 0 aromatic heterocycles. The number of hydrogen-bond donors (Lipinski definition) is 0. The summed E-state index contributed by atoms with van der Waals surface area (Å²) >= 11 is 6.33. The normalized spacial score (nSPS) is 16.2. The summed E-state index contributed by atoms with van der Waals surface area (Å²) < 4.78 is 6.48. The molecule has 0 saturated carbocycles. The van der Waals surface area contributed by atoms with Crippen molar-refractivity contribution in [1.82, 2.24) is 0 Å². The fourth-order valence-electron chi connectivity index (χ4n) is 4.69. The van der Waals surface area contributed by atoms with Gasteiger partial charge in [0.25, 0.3) is 0 Å². The van der Waals surface area contributed by atoms with Crippen LogP contribution < -0.4 is 0 Å². The summed E-state index contributed by atoms with van der Waals surface area (Å²) in [6.45, 7) is 8.56. The third kappa shape index (κ3) is 10.5. The van der Waals surface area contributed by atoms with Crippen molar-refractivity contribution < 1.29 is 14.0 Å². The first-order valence-electron chi connectivity index (χ1n) is 12.9. The van der Waals surface area contributed by atoms with Crippen molar-refractivity contribution in [2.45, 2.75) is 90.9 Å². The Labute approximate surface area is 201 Å². The molecule has 180 valence electrons. The quantitative estimate of drug-likeness (QED) is 0.117. The van der Waals surface area contributed by atoms with Gasteiger partial charge >= 0.3 is 5.97 Å². The average Bonchev–Trinajstić information content (AvgIpc) is 2.79. The zero-order chi connectivity index (χ0) is 23.1. The van der Waals surface area contributed by atoms with E-state index in [0.29, 0.717) is 13.2 Å². The monoisotopic (exact) mass is 462 g/mol. The minimum atomic E-state index is -0.0213. The smallest absolute Gasteiger partial charge is 0.361 e. The maximum Gasteiger partial charge on any atom is 0.361 e.